The molecule has 0 unspecified atom stereocenters. The monoisotopic (exact) mass is 414 g/mol. The number of amides is 1. The number of aromatic nitrogens is 5. The number of hydrogen-bond acceptors (Lipinski definition) is 6. The van der Waals surface area contributed by atoms with Crippen LogP contribution in [0.5, 0.6) is 0 Å². The van der Waals surface area contributed by atoms with Gasteiger partial charge in [0.25, 0.3) is 0 Å². The van der Waals surface area contributed by atoms with E-state index in [-0.39, 0.29) is 16.6 Å². The SMILES string of the molecule is O=C(CSc1nnnn1-c1ccccc1)Nc1ncc(C(F)(F)F)cc1Cl. The summed E-state index contributed by atoms with van der Waals surface area (Å²) in [7, 11) is 0. The van der Waals surface area contributed by atoms with Gasteiger partial charge in [-0.2, -0.15) is 17.9 Å². The zero-order valence-electron chi connectivity index (χ0n) is 13.3. The van der Waals surface area contributed by atoms with Crippen molar-refractivity contribution in [2.24, 2.45) is 0 Å². The molecule has 2 heterocycles. The highest BCUT2D eigenvalue weighted by Gasteiger charge is 2.31. The number of thioether (sulfide) groups is 1. The average molecular weight is 415 g/mol. The van der Waals surface area contributed by atoms with Gasteiger partial charge in [-0.25, -0.2) is 4.98 Å². The molecular weight excluding hydrogens is 405 g/mol. The minimum Gasteiger partial charge on any atom is -0.309 e. The Balaban J connectivity index is 1.64. The van der Waals surface area contributed by atoms with Crippen molar-refractivity contribution in [3.8, 4) is 5.69 Å². The highest BCUT2D eigenvalue weighted by atomic mass is 35.5. The van der Waals surface area contributed by atoms with E-state index < -0.39 is 17.6 Å². The number of benzene rings is 1. The Kier molecular flexibility index (Phi) is 5.61. The van der Waals surface area contributed by atoms with Crippen molar-refractivity contribution in [2.45, 2.75) is 11.3 Å². The zero-order chi connectivity index (χ0) is 19.4. The molecule has 0 aliphatic rings. The molecule has 1 N–H and O–H groups in total. The number of carbonyl (C=O) groups is 1. The quantitative estimate of drug-likeness (QED) is 0.643. The minimum absolute atomic E-state index is 0.0910. The molecule has 2 aromatic heterocycles. The van der Waals surface area contributed by atoms with Crippen LogP contribution in [0.4, 0.5) is 19.0 Å². The fraction of sp³-hybridized carbons (Fsp3) is 0.133. The molecule has 0 fully saturated rings. The van der Waals surface area contributed by atoms with Crippen molar-refractivity contribution >= 4 is 35.1 Å². The van der Waals surface area contributed by atoms with Gasteiger partial charge in [-0.3, -0.25) is 4.79 Å². The second kappa shape index (κ2) is 7.92. The lowest BCUT2D eigenvalue weighted by atomic mass is 10.3. The van der Waals surface area contributed by atoms with Gasteiger partial charge in [0.2, 0.25) is 11.1 Å². The third kappa shape index (κ3) is 4.74. The van der Waals surface area contributed by atoms with Crippen molar-refractivity contribution in [3.05, 3.63) is 53.2 Å². The molecule has 0 aliphatic carbocycles. The summed E-state index contributed by atoms with van der Waals surface area (Å²) in [5.74, 6) is -0.763. The van der Waals surface area contributed by atoms with E-state index in [1.165, 1.54) is 4.68 Å². The van der Waals surface area contributed by atoms with Crippen LogP contribution in [0.15, 0.2) is 47.8 Å². The van der Waals surface area contributed by atoms with E-state index in [4.69, 9.17) is 11.6 Å². The molecular formula is C15H10ClF3N6OS. The molecule has 7 nitrogen and oxygen atoms in total. The van der Waals surface area contributed by atoms with Crippen LogP contribution >= 0.6 is 23.4 Å². The lowest BCUT2D eigenvalue weighted by Crippen LogP contribution is -2.16. The van der Waals surface area contributed by atoms with Crippen LogP contribution < -0.4 is 5.32 Å². The summed E-state index contributed by atoms with van der Waals surface area (Å²) in [5, 5.41) is 13.7. The van der Waals surface area contributed by atoms with Crippen LogP contribution in [0.3, 0.4) is 0 Å². The standard InChI is InChI=1S/C15H10ClF3N6OS/c16-11-6-9(15(17,18)19)7-20-13(11)21-12(26)8-27-14-22-23-24-25(14)10-4-2-1-3-5-10/h1-7H,8H2,(H,20,21,26). The Morgan fingerprint density at radius 1 is 1.26 bits per heavy atom. The van der Waals surface area contributed by atoms with Crippen LogP contribution in [0.25, 0.3) is 5.69 Å². The number of pyridine rings is 1. The van der Waals surface area contributed by atoms with Crippen molar-refractivity contribution in [2.75, 3.05) is 11.1 Å². The first kappa shape index (κ1) is 19.1. The molecule has 27 heavy (non-hydrogen) atoms. The van der Waals surface area contributed by atoms with E-state index in [9.17, 15) is 18.0 Å². The summed E-state index contributed by atoms with van der Waals surface area (Å²) in [6, 6.07) is 9.77. The number of halogens is 4. The summed E-state index contributed by atoms with van der Waals surface area (Å²) >= 11 is 6.82. The molecule has 140 valence electrons. The summed E-state index contributed by atoms with van der Waals surface area (Å²) in [6.07, 6.45) is -3.96. The molecule has 0 radical (unpaired) electrons. The Hall–Kier alpha value is -2.66. The lowest BCUT2D eigenvalue weighted by molar-refractivity contribution is -0.137. The van der Waals surface area contributed by atoms with Gasteiger partial charge in [-0.15, -0.1) is 5.10 Å². The molecule has 3 aromatic rings. The number of anilines is 1. The second-order valence-corrected chi connectivity index (χ2v) is 6.45. The van der Waals surface area contributed by atoms with E-state index in [0.29, 0.717) is 17.4 Å². The van der Waals surface area contributed by atoms with E-state index >= 15 is 0 Å². The predicted molar refractivity (Wildman–Crippen MR) is 92.8 cm³/mol. The lowest BCUT2D eigenvalue weighted by Gasteiger charge is -2.10. The smallest absolute Gasteiger partial charge is 0.309 e. The van der Waals surface area contributed by atoms with Crippen molar-refractivity contribution in [3.63, 3.8) is 0 Å². The van der Waals surface area contributed by atoms with Gasteiger partial charge in [-0.05, 0) is 28.6 Å². The van der Waals surface area contributed by atoms with Gasteiger partial charge < -0.3 is 5.32 Å². The topological polar surface area (TPSA) is 85.6 Å². The number of rotatable bonds is 5. The van der Waals surface area contributed by atoms with Gasteiger partial charge in [0.15, 0.2) is 5.82 Å². The number of para-hydroxylation sites is 1. The predicted octanol–water partition coefficient (Wildman–Crippen LogP) is 3.46. The Labute approximate surface area is 159 Å². The Morgan fingerprint density at radius 3 is 2.67 bits per heavy atom. The fourth-order valence-corrected chi connectivity index (χ4v) is 2.89. The Morgan fingerprint density at radius 2 is 2.00 bits per heavy atom. The number of nitrogens with zero attached hydrogens (tertiary/aromatic N) is 5. The minimum atomic E-state index is -4.57. The molecule has 0 atom stereocenters. The van der Waals surface area contributed by atoms with Gasteiger partial charge in [0, 0.05) is 6.20 Å². The van der Waals surface area contributed by atoms with Gasteiger partial charge in [0.05, 0.1) is 22.0 Å². The number of alkyl halides is 3. The Bertz CT molecular complexity index is 950. The van der Waals surface area contributed by atoms with Gasteiger partial charge in [-0.1, -0.05) is 41.6 Å². The maximum atomic E-state index is 12.6. The maximum absolute atomic E-state index is 12.6. The van der Waals surface area contributed by atoms with Crippen molar-refractivity contribution in [1.82, 2.24) is 25.2 Å². The molecule has 0 saturated carbocycles. The molecule has 12 heteroatoms. The van der Waals surface area contributed by atoms with Crippen LogP contribution in [0.2, 0.25) is 5.02 Å². The van der Waals surface area contributed by atoms with Crippen LogP contribution in [-0.2, 0) is 11.0 Å². The fourth-order valence-electron chi connectivity index (χ4n) is 1.98. The van der Waals surface area contributed by atoms with Crippen LogP contribution in [0, 0.1) is 0 Å². The highest BCUT2D eigenvalue weighted by molar-refractivity contribution is 7.99. The second-order valence-electron chi connectivity index (χ2n) is 5.10. The highest BCUT2D eigenvalue weighted by Crippen LogP contribution is 2.32. The van der Waals surface area contributed by atoms with E-state index in [1.807, 2.05) is 18.2 Å². The van der Waals surface area contributed by atoms with E-state index in [0.717, 1.165) is 17.4 Å². The molecule has 0 spiro atoms. The number of hydrogen-bond donors (Lipinski definition) is 1. The average Bonchev–Trinajstić information content (AvgIpc) is 3.10. The van der Waals surface area contributed by atoms with Gasteiger partial charge >= 0.3 is 6.18 Å². The van der Waals surface area contributed by atoms with E-state index in [2.05, 4.69) is 25.8 Å². The summed E-state index contributed by atoms with van der Waals surface area (Å²) in [6.45, 7) is 0. The number of tetrazole rings is 1. The molecule has 3 rings (SSSR count). The van der Waals surface area contributed by atoms with Crippen molar-refractivity contribution in [1.29, 1.82) is 0 Å². The summed E-state index contributed by atoms with van der Waals surface area (Å²) in [5.41, 5.74) is -0.278. The van der Waals surface area contributed by atoms with Crippen LogP contribution in [0.1, 0.15) is 5.56 Å². The third-order valence-electron chi connectivity index (χ3n) is 3.20. The largest absolute Gasteiger partial charge is 0.417 e. The van der Waals surface area contributed by atoms with E-state index in [1.54, 1.807) is 12.1 Å². The maximum Gasteiger partial charge on any atom is 0.417 e. The van der Waals surface area contributed by atoms with Crippen LogP contribution in [-0.4, -0.2) is 36.9 Å². The first-order valence-corrected chi connectivity index (χ1v) is 8.70. The zero-order valence-corrected chi connectivity index (χ0v) is 14.9. The summed E-state index contributed by atoms with van der Waals surface area (Å²) < 4.78 is 39.3. The normalized spacial score (nSPS) is 11.4. The molecule has 0 bridgehead atoms. The molecule has 0 saturated heterocycles. The third-order valence-corrected chi connectivity index (χ3v) is 4.41. The number of nitrogens with one attached hydrogen (secondary N) is 1. The first-order valence-electron chi connectivity index (χ1n) is 7.34. The molecule has 1 aromatic carbocycles. The molecule has 0 aliphatic heterocycles. The van der Waals surface area contributed by atoms with Gasteiger partial charge in [0.1, 0.15) is 0 Å². The molecule has 1 amide bonds. The summed E-state index contributed by atoms with van der Waals surface area (Å²) in [4.78, 5) is 15.6. The van der Waals surface area contributed by atoms with Crippen molar-refractivity contribution < 1.29 is 18.0 Å². The first-order chi connectivity index (χ1) is 12.8. The number of carbonyl (C=O) groups excluding carboxylic acids is 1.